The van der Waals surface area contributed by atoms with Crippen LogP contribution in [0.15, 0.2) is 24.3 Å². The maximum absolute atomic E-state index is 12.6. The van der Waals surface area contributed by atoms with Gasteiger partial charge < -0.3 is 14.8 Å². The molecule has 0 fully saturated rings. The average molecular weight is 337 g/mol. The van der Waals surface area contributed by atoms with E-state index in [4.69, 9.17) is 9.47 Å². The molecule has 1 unspecified atom stereocenters. The van der Waals surface area contributed by atoms with Crippen LogP contribution in [0.2, 0.25) is 0 Å². The van der Waals surface area contributed by atoms with Crippen LogP contribution >= 0.6 is 12.6 Å². The Labute approximate surface area is 132 Å². The van der Waals surface area contributed by atoms with Crippen LogP contribution in [0.3, 0.4) is 0 Å². The van der Waals surface area contributed by atoms with Gasteiger partial charge >= 0.3 is 12.3 Å². The van der Waals surface area contributed by atoms with Gasteiger partial charge in [0.2, 0.25) is 6.29 Å². The number of halogens is 3. The molecule has 0 radical (unpaired) electrons. The topological polar surface area (TPSA) is 47.6 Å². The van der Waals surface area contributed by atoms with Crippen molar-refractivity contribution in [3.63, 3.8) is 0 Å². The van der Waals surface area contributed by atoms with Gasteiger partial charge in [0, 0.05) is 18.7 Å². The number of alkyl halides is 3. The summed E-state index contributed by atoms with van der Waals surface area (Å²) in [5, 5.41) is 2.45. The molecule has 0 aliphatic heterocycles. The van der Waals surface area contributed by atoms with Crippen molar-refractivity contribution in [1.29, 1.82) is 0 Å². The molecule has 4 nitrogen and oxygen atoms in total. The largest absolute Gasteiger partial charge is 0.455 e. The van der Waals surface area contributed by atoms with E-state index in [-0.39, 0.29) is 5.75 Å². The molecule has 0 bridgehead atoms. The van der Waals surface area contributed by atoms with Gasteiger partial charge in [-0.2, -0.15) is 25.8 Å². The highest BCUT2D eigenvalue weighted by molar-refractivity contribution is 7.80. The third kappa shape index (κ3) is 6.46. The molecule has 0 aliphatic carbocycles. The minimum Gasteiger partial charge on any atom is -0.455 e. The fourth-order valence-electron chi connectivity index (χ4n) is 1.59. The van der Waals surface area contributed by atoms with E-state index >= 15 is 0 Å². The standard InChI is InChI=1S/C14H18F3NO3S/c1-2-4-12(21-13(19)18-7-8-22)20-11-6-3-5-10(9-11)14(15,16)17/h3,5-6,9,12,22H,2,4,7-8H2,1H3,(H,18,19). The van der Waals surface area contributed by atoms with Crippen molar-refractivity contribution in [3.8, 4) is 5.75 Å². The van der Waals surface area contributed by atoms with Crippen molar-refractivity contribution in [3.05, 3.63) is 29.8 Å². The number of alkyl carbamates (subject to hydrolysis) is 1. The lowest BCUT2D eigenvalue weighted by Crippen LogP contribution is -2.33. The lowest BCUT2D eigenvalue weighted by molar-refractivity contribution is -0.137. The summed E-state index contributed by atoms with van der Waals surface area (Å²) in [5.74, 6) is 0.442. The molecular formula is C14H18F3NO3S. The van der Waals surface area contributed by atoms with Gasteiger partial charge in [-0.1, -0.05) is 13.0 Å². The highest BCUT2D eigenvalue weighted by Crippen LogP contribution is 2.31. The number of rotatable bonds is 7. The zero-order chi connectivity index (χ0) is 16.6. The van der Waals surface area contributed by atoms with Crippen molar-refractivity contribution >= 4 is 18.7 Å². The Bertz CT molecular complexity index is 483. The third-order valence-corrected chi connectivity index (χ3v) is 2.80. The number of hydrogen-bond donors (Lipinski definition) is 2. The number of benzene rings is 1. The first-order chi connectivity index (χ1) is 10.4. The van der Waals surface area contributed by atoms with Crippen LogP contribution in [0, 0.1) is 0 Å². The van der Waals surface area contributed by atoms with E-state index in [9.17, 15) is 18.0 Å². The summed E-state index contributed by atoms with van der Waals surface area (Å²) in [6.07, 6.45) is -5.09. The molecule has 0 aromatic heterocycles. The van der Waals surface area contributed by atoms with Gasteiger partial charge in [0.05, 0.1) is 5.56 Å². The van der Waals surface area contributed by atoms with Crippen LogP contribution in [-0.2, 0) is 10.9 Å². The van der Waals surface area contributed by atoms with E-state index in [1.54, 1.807) is 0 Å². The zero-order valence-corrected chi connectivity index (χ0v) is 12.9. The predicted molar refractivity (Wildman–Crippen MR) is 79.1 cm³/mol. The molecule has 1 amide bonds. The fraction of sp³-hybridized carbons (Fsp3) is 0.500. The molecule has 1 aromatic rings. The monoisotopic (exact) mass is 337 g/mol. The molecule has 0 aliphatic rings. The lowest BCUT2D eigenvalue weighted by Gasteiger charge is -2.19. The van der Waals surface area contributed by atoms with Crippen molar-refractivity contribution in [2.75, 3.05) is 12.3 Å². The molecule has 22 heavy (non-hydrogen) atoms. The maximum Gasteiger partial charge on any atom is 0.416 e. The Morgan fingerprint density at radius 1 is 1.41 bits per heavy atom. The quantitative estimate of drug-likeness (QED) is 0.587. The van der Waals surface area contributed by atoms with Gasteiger partial charge in [0.25, 0.3) is 0 Å². The van der Waals surface area contributed by atoms with Crippen LogP contribution in [-0.4, -0.2) is 24.7 Å². The van der Waals surface area contributed by atoms with E-state index in [0.29, 0.717) is 25.1 Å². The lowest BCUT2D eigenvalue weighted by atomic mass is 10.2. The molecule has 1 N–H and O–H groups in total. The highest BCUT2D eigenvalue weighted by atomic mass is 32.1. The normalized spacial score (nSPS) is 12.6. The van der Waals surface area contributed by atoms with E-state index in [0.717, 1.165) is 12.1 Å². The van der Waals surface area contributed by atoms with Crippen molar-refractivity contribution in [2.24, 2.45) is 0 Å². The van der Waals surface area contributed by atoms with Crippen molar-refractivity contribution < 1.29 is 27.4 Å². The van der Waals surface area contributed by atoms with Crippen molar-refractivity contribution in [1.82, 2.24) is 5.32 Å². The predicted octanol–water partition coefficient (Wildman–Crippen LogP) is 3.87. The van der Waals surface area contributed by atoms with Crippen LogP contribution in [0.25, 0.3) is 0 Å². The first-order valence-corrected chi connectivity index (χ1v) is 7.39. The van der Waals surface area contributed by atoms with Gasteiger partial charge in [-0.05, 0) is 24.6 Å². The van der Waals surface area contributed by atoms with E-state index in [1.807, 2.05) is 6.92 Å². The van der Waals surface area contributed by atoms with Crippen LogP contribution in [0.4, 0.5) is 18.0 Å². The second kappa shape index (κ2) is 8.77. The molecule has 1 atom stereocenters. The Hall–Kier alpha value is -1.57. The van der Waals surface area contributed by atoms with E-state index in [2.05, 4.69) is 17.9 Å². The summed E-state index contributed by atoms with van der Waals surface area (Å²) in [7, 11) is 0. The number of carbonyl (C=O) groups excluding carboxylic acids is 1. The third-order valence-electron chi connectivity index (χ3n) is 2.57. The van der Waals surface area contributed by atoms with Gasteiger partial charge in [0.1, 0.15) is 5.75 Å². The Kier molecular flexibility index (Phi) is 7.37. The maximum atomic E-state index is 12.6. The number of hydrogen-bond acceptors (Lipinski definition) is 4. The van der Waals surface area contributed by atoms with Gasteiger partial charge in [-0.25, -0.2) is 4.79 Å². The summed E-state index contributed by atoms with van der Waals surface area (Å²) in [6, 6.07) is 4.44. The van der Waals surface area contributed by atoms with Gasteiger partial charge in [-0.15, -0.1) is 0 Å². The van der Waals surface area contributed by atoms with E-state index in [1.165, 1.54) is 12.1 Å². The summed E-state index contributed by atoms with van der Waals surface area (Å²) in [6.45, 7) is 2.17. The minimum absolute atomic E-state index is 0.00438. The summed E-state index contributed by atoms with van der Waals surface area (Å²) < 4.78 is 48.3. The van der Waals surface area contributed by atoms with Crippen LogP contribution in [0.5, 0.6) is 5.75 Å². The molecule has 0 saturated carbocycles. The first-order valence-electron chi connectivity index (χ1n) is 6.76. The fourth-order valence-corrected chi connectivity index (χ4v) is 1.71. The molecule has 8 heteroatoms. The number of amides is 1. The molecule has 0 spiro atoms. The highest BCUT2D eigenvalue weighted by Gasteiger charge is 2.30. The molecule has 1 rings (SSSR count). The zero-order valence-electron chi connectivity index (χ0n) is 12.0. The molecule has 124 valence electrons. The van der Waals surface area contributed by atoms with E-state index < -0.39 is 24.1 Å². The molecule has 0 saturated heterocycles. The second-order valence-corrected chi connectivity index (χ2v) is 4.86. The molecule has 1 aromatic carbocycles. The number of nitrogens with one attached hydrogen (secondary N) is 1. The number of ether oxygens (including phenoxy) is 2. The summed E-state index contributed by atoms with van der Waals surface area (Å²) in [4.78, 5) is 11.5. The van der Waals surface area contributed by atoms with Crippen molar-refractivity contribution in [2.45, 2.75) is 32.2 Å². The van der Waals surface area contributed by atoms with Gasteiger partial charge in [0.15, 0.2) is 0 Å². The molecule has 0 heterocycles. The Morgan fingerprint density at radius 2 is 2.14 bits per heavy atom. The van der Waals surface area contributed by atoms with Crippen LogP contribution in [0.1, 0.15) is 25.3 Å². The smallest absolute Gasteiger partial charge is 0.416 e. The molecular weight excluding hydrogens is 319 g/mol. The Balaban J connectivity index is 2.72. The first kappa shape index (κ1) is 18.5. The second-order valence-electron chi connectivity index (χ2n) is 4.42. The van der Waals surface area contributed by atoms with Gasteiger partial charge in [-0.3, -0.25) is 0 Å². The number of carbonyl (C=O) groups is 1. The summed E-state index contributed by atoms with van der Waals surface area (Å²) >= 11 is 3.94. The number of thiol groups is 1. The minimum atomic E-state index is -4.45. The Morgan fingerprint density at radius 3 is 2.73 bits per heavy atom. The summed E-state index contributed by atoms with van der Waals surface area (Å²) in [5.41, 5.74) is -0.820. The average Bonchev–Trinajstić information content (AvgIpc) is 2.44. The SMILES string of the molecule is CCCC(OC(=O)NCCS)Oc1cccc(C(F)(F)F)c1. The van der Waals surface area contributed by atoms with Crippen LogP contribution < -0.4 is 10.1 Å².